The summed E-state index contributed by atoms with van der Waals surface area (Å²) >= 11 is 1.53. The first-order chi connectivity index (χ1) is 10.6. The van der Waals surface area contributed by atoms with Crippen LogP contribution in [0.3, 0.4) is 0 Å². The number of carbonyl (C=O) groups excluding carboxylic acids is 1. The van der Waals surface area contributed by atoms with E-state index in [9.17, 15) is 9.59 Å². The Morgan fingerprint density at radius 1 is 1.55 bits per heavy atom. The molecule has 0 radical (unpaired) electrons. The maximum Gasteiger partial charge on any atom is 0.334 e. The van der Waals surface area contributed by atoms with Gasteiger partial charge in [0.25, 0.3) is 0 Å². The molecule has 0 aromatic carbocycles. The fraction of sp³-hybridized carbons (Fsp3) is 0.385. The lowest BCUT2D eigenvalue weighted by molar-refractivity contribution is -0.148. The monoisotopic (exact) mass is 325 g/mol. The minimum Gasteiger partial charge on any atom is -0.479 e. The molecule has 0 aliphatic carbocycles. The summed E-state index contributed by atoms with van der Waals surface area (Å²) in [5, 5.41) is 18.9. The summed E-state index contributed by atoms with van der Waals surface area (Å²) in [6.07, 6.45) is -0.646. The number of carboxylic acid groups (broad SMARTS) is 1. The summed E-state index contributed by atoms with van der Waals surface area (Å²) in [5.41, 5.74) is 0.869. The average molecular weight is 325 g/mol. The zero-order valence-corrected chi connectivity index (χ0v) is 12.6. The van der Waals surface area contributed by atoms with Gasteiger partial charge in [-0.25, -0.2) is 4.79 Å². The minimum absolute atomic E-state index is 0.0886. The molecule has 0 saturated carbocycles. The number of aromatic nitrogens is 2. The number of nitrogens with zero attached hydrogens (tertiary/aromatic N) is 2. The summed E-state index contributed by atoms with van der Waals surface area (Å²) in [5.74, 6) is -0.585. The molecule has 1 atom stereocenters. The number of hydrogen-bond donors (Lipinski definition) is 2. The van der Waals surface area contributed by atoms with E-state index in [1.54, 1.807) is 0 Å². The number of methoxy groups -OCH3 is 1. The van der Waals surface area contributed by atoms with Gasteiger partial charge in [0.1, 0.15) is 0 Å². The average Bonchev–Trinajstić information content (AvgIpc) is 3.16. The number of thiophene rings is 1. The number of nitrogens with one attached hydrogen (secondary N) is 1. The van der Waals surface area contributed by atoms with E-state index in [1.807, 2.05) is 16.8 Å². The second-order valence-electron chi connectivity index (χ2n) is 4.39. The van der Waals surface area contributed by atoms with E-state index in [4.69, 9.17) is 14.4 Å². The Labute approximate surface area is 130 Å². The molecule has 118 valence electrons. The number of rotatable bonds is 8. The molecule has 0 aliphatic heterocycles. The van der Waals surface area contributed by atoms with Gasteiger partial charge in [-0.2, -0.15) is 16.3 Å². The first-order valence-corrected chi connectivity index (χ1v) is 7.42. The molecule has 2 rings (SSSR count). The Morgan fingerprint density at radius 3 is 3.00 bits per heavy atom. The van der Waals surface area contributed by atoms with Crippen molar-refractivity contribution in [2.75, 3.05) is 13.7 Å². The van der Waals surface area contributed by atoms with Crippen LogP contribution in [0.4, 0.5) is 0 Å². The standard InChI is InChI=1S/C13H15N3O5S/c1-20-9(13(18)19)6-14-10(17)2-3-11-15-12(16-21-11)8-4-5-22-7-8/h4-5,7,9H,2-3,6H2,1H3,(H,14,17)(H,18,19). The van der Waals surface area contributed by atoms with Crippen LogP contribution in [0.15, 0.2) is 21.3 Å². The van der Waals surface area contributed by atoms with Gasteiger partial charge in [0, 0.05) is 30.9 Å². The molecule has 9 heteroatoms. The Morgan fingerprint density at radius 2 is 2.36 bits per heavy atom. The number of aliphatic carboxylic acids is 1. The molecule has 0 spiro atoms. The van der Waals surface area contributed by atoms with Crippen molar-refractivity contribution < 1.29 is 24.0 Å². The lowest BCUT2D eigenvalue weighted by Gasteiger charge is -2.10. The third-order valence-electron chi connectivity index (χ3n) is 2.86. The van der Waals surface area contributed by atoms with Crippen molar-refractivity contribution in [2.45, 2.75) is 18.9 Å². The highest BCUT2D eigenvalue weighted by Gasteiger charge is 2.17. The highest BCUT2D eigenvalue weighted by atomic mass is 32.1. The number of amides is 1. The molecule has 0 saturated heterocycles. The first kappa shape index (κ1) is 16.1. The quantitative estimate of drug-likeness (QED) is 0.742. The van der Waals surface area contributed by atoms with Crippen LogP contribution in [0.5, 0.6) is 0 Å². The van der Waals surface area contributed by atoms with Crippen LogP contribution in [0.1, 0.15) is 12.3 Å². The third-order valence-corrected chi connectivity index (χ3v) is 3.54. The molecule has 0 bridgehead atoms. The van der Waals surface area contributed by atoms with Crippen molar-refractivity contribution in [2.24, 2.45) is 0 Å². The highest BCUT2D eigenvalue weighted by molar-refractivity contribution is 7.08. The molecule has 1 unspecified atom stereocenters. The zero-order chi connectivity index (χ0) is 15.9. The van der Waals surface area contributed by atoms with E-state index in [0.717, 1.165) is 5.56 Å². The molecule has 1 amide bonds. The molecule has 8 nitrogen and oxygen atoms in total. The van der Waals surface area contributed by atoms with Gasteiger partial charge in [-0.15, -0.1) is 0 Å². The lowest BCUT2D eigenvalue weighted by atomic mass is 10.2. The van der Waals surface area contributed by atoms with Crippen LogP contribution in [0, 0.1) is 0 Å². The SMILES string of the molecule is COC(CNC(=O)CCc1nc(-c2ccsc2)no1)C(=O)O. The van der Waals surface area contributed by atoms with Crippen molar-refractivity contribution in [1.29, 1.82) is 0 Å². The van der Waals surface area contributed by atoms with Crippen molar-refractivity contribution in [3.63, 3.8) is 0 Å². The second kappa shape index (κ2) is 7.66. The van der Waals surface area contributed by atoms with Crippen molar-refractivity contribution in [3.05, 3.63) is 22.7 Å². The van der Waals surface area contributed by atoms with Gasteiger partial charge >= 0.3 is 5.97 Å². The molecule has 2 aromatic rings. The predicted octanol–water partition coefficient (Wildman–Crippen LogP) is 0.947. The van der Waals surface area contributed by atoms with Crippen LogP contribution in [-0.2, 0) is 20.7 Å². The minimum atomic E-state index is -1.12. The van der Waals surface area contributed by atoms with Gasteiger partial charge in [0.05, 0.1) is 6.54 Å². The number of carbonyl (C=O) groups is 2. The van der Waals surface area contributed by atoms with Crippen LogP contribution in [0.25, 0.3) is 11.4 Å². The van der Waals surface area contributed by atoms with Crippen LogP contribution in [-0.4, -0.2) is 46.9 Å². The van der Waals surface area contributed by atoms with Crippen LogP contribution in [0.2, 0.25) is 0 Å². The largest absolute Gasteiger partial charge is 0.479 e. The smallest absolute Gasteiger partial charge is 0.334 e. The Balaban J connectivity index is 1.78. The maximum absolute atomic E-state index is 11.6. The second-order valence-corrected chi connectivity index (χ2v) is 5.17. The molecule has 0 fully saturated rings. The normalized spacial score (nSPS) is 12.0. The molecular weight excluding hydrogens is 310 g/mol. The molecule has 2 aromatic heterocycles. The van der Waals surface area contributed by atoms with E-state index < -0.39 is 12.1 Å². The zero-order valence-electron chi connectivity index (χ0n) is 11.8. The van der Waals surface area contributed by atoms with Gasteiger partial charge in [-0.1, -0.05) is 5.16 Å². The summed E-state index contributed by atoms with van der Waals surface area (Å²) in [4.78, 5) is 26.6. The van der Waals surface area contributed by atoms with E-state index in [-0.39, 0.29) is 25.3 Å². The molecular formula is C13H15N3O5S. The van der Waals surface area contributed by atoms with Gasteiger partial charge in [-0.05, 0) is 11.4 Å². The number of aryl methyl sites for hydroxylation is 1. The Bertz CT molecular complexity index is 625. The topological polar surface area (TPSA) is 115 Å². The van der Waals surface area contributed by atoms with E-state index >= 15 is 0 Å². The van der Waals surface area contributed by atoms with Crippen LogP contribution >= 0.6 is 11.3 Å². The van der Waals surface area contributed by atoms with Crippen LogP contribution < -0.4 is 5.32 Å². The highest BCUT2D eigenvalue weighted by Crippen LogP contribution is 2.18. The third kappa shape index (κ3) is 4.37. The summed E-state index contributed by atoms with van der Waals surface area (Å²) in [6, 6.07) is 1.88. The van der Waals surface area contributed by atoms with Gasteiger partial charge in [-0.3, -0.25) is 4.79 Å². The molecule has 0 aliphatic rings. The van der Waals surface area contributed by atoms with E-state index in [1.165, 1.54) is 18.4 Å². The van der Waals surface area contributed by atoms with Crippen molar-refractivity contribution in [3.8, 4) is 11.4 Å². The van der Waals surface area contributed by atoms with Gasteiger partial charge in [0.15, 0.2) is 6.10 Å². The molecule has 2 N–H and O–H groups in total. The van der Waals surface area contributed by atoms with E-state index in [2.05, 4.69) is 15.5 Å². The lowest BCUT2D eigenvalue weighted by Crippen LogP contribution is -2.37. The molecule has 2 heterocycles. The molecule has 22 heavy (non-hydrogen) atoms. The Kier molecular flexibility index (Phi) is 5.61. The predicted molar refractivity (Wildman–Crippen MR) is 77.4 cm³/mol. The van der Waals surface area contributed by atoms with Crippen molar-refractivity contribution in [1.82, 2.24) is 15.5 Å². The fourth-order valence-electron chi connectivity index (χ4n) is 1.65. The fourth-order valence-corrected chi connectivity index (χ4v) is 2.29. The van der Waals surface area contributed by atoms with Gasteiger partial charge in [0.2, 0.25) is 17.6 Å². The number of carboxylic acids is 1. The Hall–Kier alpha value is -2.26. The first-order valence-electron chi connectivity index (χ1n) is 6.47. The van der Waals surface area contributed by atoms with E-state index in [0.29, 0.717) is 11.7 Å². The summed E-state index contributed by atoms with van der Waals surface area (Å²) in [7, 11) is 1.27. The van der Waals surface area contributed by atoms with Crippen molar-refractivity contribution >= 4 is 23.2 Å². The maximum atomic E-state index is 11.6. The number of ether oxygens (including phenoxy) is 1. The summed E-state index contributed by atoms with van der Waals surface area (Å²) in [6.45, 7) is -0.0886. The van der Waals surface area contributed by atoms with Gasteiger partial charge < -0.3 is 19.7 Å². The number of hydrogen-bond acceptors (Lipinski definition) is 7. The summed E-state index contributed by atoms with van der Waals surface area (Å²) < 4.78 is 9.78.